The minimum atomic E-state index is -0.610. The van der Waals surface area contributed by atoms with Crippen molar-refractivity contribution in [2.24, 2.45) is 0 Å². The van der Waals surface area contributed by atoms with Gasteiger partial charge in [-0.2, -0.15) is 0 Å². The number of likely N-dealkylation sites (tertiary alicyclic amines) is 1. The molecule has 0 aliphatic carbocycles. The highest BCUT2D eigenvalue weighted by Gasteiger charge is 2.25. The van der Waals surface area contributed by atoms with Crippen molar-refractivity contribution in [3.8, 4) is 11.1 Å². The van der Waals surface area contributed by atoms with Gasteiger partial charge in [0.15, 0.2) is 0 Å². The van der Waals surface area contributed by atoms with Crippen LogP contribution >= 0.6 is 0 Å². The van der Waals surface area contributed by atoms with E-state index in [1.807, 2.05) is 104 Å². The van der Waals surface area contributed by atoms with Gasteiger partial charge in [0.1, 0.15) is 0 Å². The zero-order valence-corrected chi connectivity index (χ0v) is 22.3. The summed E-state index contributed by atoms with van der Waals surface area (Å²) in [6.45, 7) is 4.65. The van der Waals surface area contributed by atoms with Crippen molar-refractivity contribution >= 4 is 11.7 Å². The lowest BCUT2D eigenvalue weighted by Gasteiger charge is -2.35. The highest BCUT2D eigenvalue weighted by atomic mass is 16.3. The number of para-hydroxylation sites is 1. The van der Waals surface area contributed by atoms with Crippen LogP contribution in [0.5, 0.6) is 0 Å². The monoisotopic (exact) mass is 516 g/mol. The van der Waals surface area contributed by atoms with E-state index in [-0.39, 0.29) is 18.1 Å². The van der Waals surface area contributed by atoms with Crippen molar-refractivity contribution < 1.29 is 15.0 Å². The highest BCUT2D eigenvalue weighted by Crippen LogP contribution is 2.27. The van der Waals surface area contributed by atoms with Crippen LogP contribution in [0.15, 0.2) is 84.9 Å². The Morgan fingerprint density at radius 3 is 2.24 bits per heavy atom. The molecule has 1 fully saturated rings. The van der Waals surface area contributed by atoms with Gasteiger partial charge in [0.2, 0.25) is 0 Å². The van der Waals surface area contributed by atoms with Crippen LogP contribution in [0.3, 0.4) is 0 Å². The summed E-state index contributed by atoms with van der Waals surface area (Å²) in [5.74, 6) is 0. The Hall–Kier alpha value is -3.23. The van der Waals surface area contributed by atoms with E-state index in [4.69, 9.17) is 0 Å². The van der Waals surface area contributed by atoms with Crippen LogP contribution in [0.2, 0.25) is 0 Å². The number of amides is 2. The number of β-amino-alcohol motifs (C(OH)–C–C–N with tert-alkyl or cyclic N) is 1. The molecule has 1 heterocycles. The highest BCUT2D eigenvalue weighted by molar-refractivity contribution is 5.94. The summed E-state index contributed by atoms with van der Waals surface area (Å²) >= 11 is 0. The third kappa shape index (κ3) is 7.65. The summed E-state index contributed by atoms with van der Waals surface area (Å²) in [5.41, 5.74) is 3.71. The van der Waals surface area contributed by atoms with Crippen molar-refractivity contribution in [3.63, 3.8) is 0 Å². The van der Waals surface area contributed by atoms with Gasteiger partial charge in [-0.25, -0.2) is 4.79 Å². The lowest BCUT2D eigenvalue weighted by atomic mass is 10.0. The van der Waals surface area contributed by atoms with Crippen molar-refractivity contribution in [2.45, 2.75) is 44.1 Å². The minimum absolute atomic E-state index is 0.0935. The van der Waals surface area contributed by atoms with Crippen LogP contribution in [0.4, 0.5) is 10.5 Å². The fraction of sp³-hybridized carbons (Fsp3) is 0.387. The molecule has 0 saturated carbocycles. The number of hydrogen-bond acceptors (Lipinski definition) is 5. The molecule has 3 atom stereocenters. The first-order valence-electron chi connectivity index (χ1n) is 13.5. The molecule has 38 heavy (non-hydrogen) atoms. The predicted octanol–water partition coefficient (Wildman–Crippen LogP) is 4.35. The maximum atomic E-state index is 12.8. The molecule has 1 unspecified atom stereocenters. The number of aliphatic hydroxyl groups is 2. The van der Waals surface area contributed by atoms with E-state index in [2.05, 4.69) is 15.5 Å². The lowest BCUT2D eigenvalue weighted by Crippen LogP contribution is -2.49. The summed E-state index contributed by atoms with van der Waals surface area (Å²) in [5, 5.41) is 27.6. The number of benzene rings is 3. The minimum Gasteiger partial charge on any atom is -0.390 e. The number of likely N-dealkylation sites (N-methyl/N-ethyl adjacent to an activating group) is 1. The molecule has 3 aromatic carbocycles. The number of nitrogens with zero attached hydrogens (tertiary/aromatic N) is 2. The molecule has 1 saturated heterocycles. The first kappa shape index (κ1) is 27.8. The molecule has 7 heteroatoms. The quantitative estimate of drug-likeness (QED) is 0.322. The van der Waals surface area contributed by atoms with Crippen LogP contribution in [0.1, 0.15) is 31.4 Å². The first-order valence-corrected chi connectivity index (χ1v) is 13.5. The van der Waals surface area contributed by atoms with Crippen LogP contribution in [-0.2, 0) is 0 Å². The number of rotatable bonds is 10. The Morgan fingerprint density at radius 1 is 0.947 bits per heavy atom. The molecule has 4 N–H and O–H groups in total. The summed E-state index contributed by atoms with van der Waals surface area (Å²) in [6, 6.07) is 27.3. The molecule has 4 rings (SSSR count). The van der Waals surface area contributed by atoms with Crippen LogP contribution in [0, 0.1) is 0 Å². The number of carbonyl (C=O) groups excluding carboxylic acids is 1. The number of carbonyl (C=O) groups is 1. The molecule has 0 spiro atoms. The number of anilines is 1. The van der Waals surface area contributed by atoms with Crippen molar-refractivity contribution in [3.05, 3.63) is 90.5 Å². The number of urea groups is 1. The maximum absolute atomic E-state index is 12.8. The number of piperidine rings is 1. The molecule has 1 aliphatic heterocycles. The number of aliphatic hydroxyl groups excluding tert-OH is 2. The van der Waals surface area contributed by atoms with Crippen LogP contribution in [0.25, 0.3) is 11.1 Å². The van der Waals surface area contributed by atoms with Crippen molar-refractivity contribution in [1.29, 1.82) is 0 Å². The van der Waals surface area contributed by atoms with Gasteiger partial charge in [-0.1, -0.05) is 78.9 Å². The molecular weight excluding hydrogens is 476 g/mol. The Morgan fingerprint density at radius 2 is 1.55 bits per heavy atom. The van der Waals surface area contributed by atoms with Gasteiger partial charge >= 0.3 is 6.03 Å². The molecule has 3 aromatic rings. The Bertz CT molecular complexity index is 1140. The molecule has 1 aliphatic rings. The van der Waals surface area contributed by atoms with Crippen LogP contribution < -0.4 is 10.6 Å². The average molecular weight is 517 g/mol. The Kier molecular flexibility index (Phi) is 9.90. The molecule has 0 bridgehead atoms. The maximum Gasteiger partial charge on any atom is 0.319 e. The van der Waals surface area contributed by atoms with Crippen LogP contribution in [-0.4, -0.2) is 77.5 Å². The summed E-state index contributed by atoms with van der Waals surface area (Å²) in [7, 11) is 1.94. The third-order valence-electron chi connectivity index (χ3n) is 7.44. The number of hydrogen-bond donors (Lipinski definition) is 4. The van der Waals surface area contributed by atoms with Gasteiger partial charge in [-0.15, -0.1) is 0 Å². The van der Waals surface area contributed by atoms with Crippen molar-refractivity contribution in [1.82, 2.24) is 15.1 Å². The molecule has 202 valence electrons. The van der Waals surface area contributed by atoms with Gasteiger partial charge in [-0.3, -0.25) is 4.90 Å². The molecule has 7 nitrogen and oxygen atoms in total. The SMILES string of the molecule is C[C@@H]([C@@H](O)c1ccccc1)N(C)CC(O)CN1CCC(NC(=O)Nc2ccccc2-c2ccccc2)CC1. The first-order chi connectivity index (χ1) is 18.4. The molecule has 0 aromatic heterocycles. The van der Waals surface area contributed by atoms with E-state index < -0.39 is 12.2 Å². The van der Waals surface area contributed by atoms with E-state index in [1.165, 1.54) is 0 Å². The third-order valence-corrected chi connectivity index (χ3v) is 7.44. The van der Waals surface area contributed by atoms with Gasteiger partial charge in [0, 0.05) is 43.8 Å². The van der Waals surface area contributed by atoms with E-state index in [0.717, 1.165) is 48.3 Å². The lowest BCUT2D eigenvalue weighted by molar-refractivity contribution is 0.0258. The van der Waals surface area contributed by atoms with E-state index in [9.17, 15) is 15.0 Å². The normalized spacial score (nSPS) is 17.1. The molecular formula is C31H40N4O3. The average Bonchev–Trinajstić information content (AvgIpc) is 2.94. The standard InChI is InChI=1S/C31H40N4O3/c1-23(30(37)25-13-7-4-8-14-25)34(2)21-27(36)22-35-19-17-26(18-20-35)32-31(38)33-29-16-10-9-15-28(29)24-11-5-3-6-12-24/h3-16,23,26-27,30,36-37H,17-22H2,1-2H3,(H2,32,33,38)/t23-,27?,30+/m0/s1. The second-order valence-corrected chi connectivity index (χ2v) is 10.3. The predicted molar refractivity (Wildman–Crippen MR) is 153 cm³/mol. The zero-order valence-electron chi connectivity index (χ0n) is 22.3. The summed E-state index contributed by atoms with van der Waals surface area (Å²) in [6.07, 6.45) is 0.535. The molecule has 2 amide bonds. The Balaban J connectivity index is 1.20. The van der Waals surface area contributed by atoms with E-state index in [0.29, 0.717) is 13.1 Å². The zero-order chi connectivity index (χ0) is 26.9. The van der Waals surface area contributed by atoms with Gasteiger partial charge in [-0.05, 0) is 44.0 Å². The van der Waals surface area contributed by atoms with Crippen molar-refractivity contribution in [2.75, 3.05) is 38.5 Å². The van der Waals surface area contributed by atoms with Gasteiger partial charge in [0.05, 0.1) is 17.9 Å². The van der Waals surface area contributed by atoms with E-state index >= 15 is 0 Å². The van der Waals surface area contributed by atoms with E-state index in [1.54, 1.807) is 0 Å². The fourth-order valence-electron chi connectivity index (χ4n) is 5.09. The largest absolute Gasteiger partial charge is 0.390 e. The molecule has 0 radical (unpaired) electrons. The summed E-state index contributed by atoms with van der Waals surface area (Å²) < 4.78 is 0. The van der Waals surface area contributed by atoms with Gasteiger partial charge in [0.25, 0.3) is 0 Å². The Labute approximate surface area is 226 Å². The second kappa shape index (κ2) is 13.5. The topological polar surface area (TPSA) is 88.1 Å². The summed E-state index contributed by atoms with van der Waals surface area (Å²) in [4.78, 5) is 17.0. The number of nitrogens with one attached hydrogen (secondary N) is 2. The van der Waals surface area contributed by atoms with Gasteiger partial charge < -0.3 is 25.7 Å². The fourth-order valence-corrected chi connectivity index (χ4v) is 5.09. The smallest absolute Gasteiger partial charge is 0.319 e. The second-order valence-electron chi connectivity index (χ2n) is 10.3.